The van der Waals surface area contributed by atoms with Gasteiger partial charge in [-0.1, -0.05) is 53.3 Å². The first kappa shape index (κ1) is 34.0. The molecule has 4 saturated carbocycles. The third-order valence-electron chi connectivity index (χ3n) is 11.9. The summed E-state index contributed by atoms with van der Waals surface area (Å²) in [4.78, 5) is 41.1. The highest BCUT2D eigenvalue weighted by atomic mass is 32.9. The molecule has 1 aromatic heterocycles. The van der Waals surface area contributed by atoms with Crippen molar-refractivity contribution in [2.24, 2.45) is 34.0 Å². The SMILES string of the molecule is C=C1C(=O)[C@]23[C@H](OC(=O)CCC(=O)OCCOc4ccc(-c5cc(=S)ss5)cc4)[C@H]1CC[C@H]2[C@@]12CO[C@@]3(O)[C@@H](O)[C@@H]1C(C)(C)CC[C@@H]2O. The topological polar surface area (TPSA) is 149 Å². The number of esters is 2. The first-order valence-electron chi connectivity index (χ1n) is 16.4. The highest BCUT2D eigenvalue weighted by Gasteiger charge is 2.87. The van der Waals surface area contributed by atoms with Crippen molar-refractivity contribution in [3.63, 3.8) is 0 Å². The Morgan fingerprint density at radius 3 is 2.50 bits per heavy atom. The molecule has 2 spiro atoms. The molecule has 4 bridgehead atoms. The fraction of sp³-hybridized carbons (Fsp3) is 0.600. The van der Waals surface area contributed by atoms with Gasteiger partial charge < -0.3 is 34.3 Å². The van der Waals surface area contributed by atoms with E-state index < -0.39 is 75.8 Å². The zero-order valence-corrected chi connectivity index (χ0v) is 29.3. The molecule has 0 radical (unpaired) electrons. The molecule has 1 aromatic carbocycles. The molecular formula is C35H40O10S3. The fourth-order valence-corrected chi connectivity index (χ4v) is 12.3. The predicted molar refractivity (Wildman–Crippen MR) is 179 cm³/mol. The van der Waals surface area contributed by atoms with Crippen molar-refractivity contribution < 1.29 is 48.7 Å². The van der Waals surface area contributed by atoms with Gasteiger partial charge in [0.05, 0.1) is 25.6 Å². The Morgan fingerprint density at radius 2 is 1.79 bits per heavy atom. The molecule has 13 heteroatoms. The fourth-order valence-electron chi connectivity index (χ4n) is 9.92. The van der Waals surface area contributed by atoms with Crippen molar-refractivity contribution in [2.75, 3.05) is 19.8 Å². The molecule has 0 amide bonds. The van der Waals surface area contributed by atoms with E-state index >= 15 is 0 Å². The Bertz CT molecular complexity index is 1700. The minimum Gasteiger partial charge on any atom is -0.490 e. The quantitative estimate of drug-likeness (QED) is 0.108. The van der Waals surface area contributed by atoms with Crippen LogP contribution in [-0.2, 0) is 28.6 Å². The van der Waals surface area contributed by atoms with Crippen LogP contribution in [0.1, 0.15) is 52.4 Å². The number of hydrogen-bond donors (Lipinski definition) is 3. The third-order valence-corrected chi connectivity index (χ3v) is 14.8. The van der Waals surface area contributed by atoms with Crippen LogP contribution in [-0.4, -0.2) is 77.0 Å². The van der Waals surface area contributed by atoms with Gasteiger partial charge in [0.25, 0.3) is 0 Å². The minimum absolute atomic E-state index is 0.0139. The van der Waals surface area contributed by atoms with Crippen LogP contribution in [0.25, 0.3) is 10.4 Å². The average Bonchev–Trinajstić information content (AvgIpc) is 3.54. The molecule has 9 atom stereocenters. The molecule has 3 N–H and O–H groups in total. The molecule has 48 heavy (non-hydrogen) atoms. The maximum Gasteiger partial charge on any atom is 0.306 e. The summed E-state index contributed by atoms with van der Waals surface area (Å²) in [7, 11) is 3.16. The van der Waals surface area contributed by atoms with Gasteiger partial charge in [-0.15, -0.1) is 0 Å². The predicted octanol–water partition coefficient (Wildman–Crippen LogP) is 4.85. The summed E-state index contributed by atoms with van der Waals surface area (Å²) in [5.41, 5.74) is -2.03. The number of fused-ring (bicyclic) bond motifs is 2. The first-order valence-corrected chi connectivity index (χ1v) is 19.0. The molecule has 3 heterocycles. The summed E-state index contributed by atoms with van der Waals surface area (Å²) in [5.74, 6) is -5.29. The number of aliphatic hydroxyl groups excluding tert-OH is 2. The van der Waals surface area contributed by atoms with E-state index in [1.165, 1.54) is 0 Å². The van der Waals surface area contributed by atoms with E-state index in [4.69, 9.17) is 31.2 Å². The van der Waals surface area contributed by atoms with Gasteiger partial charge in [-0.05, 0) is 78.5 Å². The average molecular weight is 717 g/mol. The Hall–Kier alpha value is -2.52. The minimum atomic E-state index is -2.34. The Balaban J connectivity index is 0.990. The maximum atomic E-state index is 14.2. The molecule has 10 nitrogen and oxygen atoms in total. The Kier molecular flexibility index (Phi) is 8.54. The number of benzene rings is 1. The molecular weight excluding hydrogens is 677 g/mol. The van der Waals surface area contributed by atoms with Crippen LogP contribution < -0.4 is 4.74 Å². The molecule has 4 aliphatic carbocycles. The van der Waals surface area contributed by atoms with E-state index in [2.05, 4.69) is 6.58 Å². The van der Waals surface area contributed by atoms with E-state index in [1.807, 2.05) is 44.2 Å². The third kappa shape index (κ3) is 4.83. The van der Waals surface area contributed by atoms with Gasteiger partial charge in [0.2, 0.25) is 5.79 Å². The van der Waals surface area contributed by atoms with Gasteiger partial charge in [-0.2, -0.15) is 0 Å². The lowest BCUT2D eigenvalue weighted by atomic mass is 9.35. The number of aliphatic hydroxyl groups is 3. The highest BCUT2D eigenvalue weighted by molar-refractivity contribution is 7.80. The summed E-state index contributed by atoms with van der Waals surface area (Å²) in [6.45, 7) is 8.14. The molecule has 6 fully saturated rings. The standard InChI is InChI=1S/C35H40O10S3/c1-18-21-8-9-23-33-17-44-35(41,30(40)28(33)32(2,3)13-12-24(33)36)34(23,29(18)39)31(21)45-26(38)11-10-25(37)43-15-14-42-20-6-4-19(5-7-20)22-16-27(46)48-47-22/h4-7,16,21,23-24,28,30-31,36,40-41H,1,8-15,17H2,2-3H3/t21-,23-,24-,28+,30-,31+,33+,34-,35-/m0/s1. The van der Waals surface area contributed by atoms with Gasteiger partial charge in [-0.3, -0.25) is 14.4 Å². The second kappa shape index (κ2) is 12.1. The van der Waals surface area contributed by atoms with Crippen molar-refractivity contribution >= 4 is 50.6 Å². The van der Waals surface area contributed by atoms with Gasteiger partial charge in [0.1, 0.15) is 40.4 Å². The number of carbonyl (C=O) groups excluding carboxylic acids is 3. The number of carbonyl (C=O) groups is 3. The molecule has 2 aromatic rings. The van der Waals surface area contributed by atoms with Crippen LogP contribution in [0, 0.1) is 37.8 Å². The summed E-state index contributed by atoms with van der Waals surface area (Å²) in [6, 6.07) is 9.49. The lowest BCUT2D eigenvalue weighted by molar-refractivity contribution is -0.458. The second-order valence-electron chi connectivity index (χ2n) is 14.5. The van der Waals surface area contributed by atoms with Crippen LogP contribution in [0.15, 0.2) is 42.5 Å². The first-order chi connectivity index (χ1) is 22.8. The molecule has 258 valence electrons. The number of ether oxygens (including phenoxy) is 4. The van der Waals surface area contributed by atoms with Crippen LogP contribution in [0.4, 0.5) is 0 Å². The van der Waals surface area contributed by atoms with Crippen molar-refractivity contribution in [1.82, 2.24) is 0 Å². The number of Topliss-reactive ketones (excluding diaryl/α,β-unsaturated/α-hetero) is 1. The van der Waals surface area contributed by atoms with Gasteiger partial charge in [0, 0.05) is 22.1 Å². The number of ketones is 1. The van der Waals surface area contributed by atoms with E-state index in [9.17, 15) is 29.7 Å². The normalized spacial score (nSPS) is 37.4. The summed E-state index contributed by atoms with van der Waals surface area (Å²) in [5, 5.41) is 35.7. The summed E-state index contributed by atoms with van der Waals surface area (Å²) in [6.07, 6.45) is -2.06. The zero-order chi connectivity index (χ0) is 34.2. The molecule has 8 rings (SSSR count). The van der Waals surface area contributed by atoms with Crippen LogP contribution >= 0.6 is 32.9 Å². The lowest BCUT2D eigenvalue weighted by Gasteiger charge is -2.74. The second-order valence-corrected chi connectivity index (χ2v) is 17.4. The van der Waals surface area contributed by atoms with Crippen LogP contribution in [0.3, 0.4) is 0 Å². The molecule has 2 aliphatic heterocycles. The van der Waals surface area contributed by atoms with Gasteiger partial charge in [0.15, 0.2) is 5.78 Å². The monoisotopic (exact) mass is 716 g/mol. The van der Waals surface area contributed by atoms with Crippen molar-refractivity contribution in [2.45, 2.75) is 76.5 Å². The van der Waals surface area contributed by atoms with E-state index in [1.54, 1.807) is 20.7 Å². The summed E-state index contributed by atoms with van der Waals surface area (Å²) < 4.78 is 23.8. The van der Waals surface area contributed by atoms with Crippen molar-refractivity contribution in [3.8, 4) is 16.2 Å². The number of hydrogen-bond acceptors (Lipinski definition) is 13. The Morgan fingerprint density at radius 1 is 1.06 bits per heavy atom. The molecule has 6 aliphatic rings. The van der Waals surface area contributed by atoms with Crippen molar-refractivity contribution in [3.05, 3.63) is 46.3 Å². The van der Waals surface area contributed by atoms with E-state index in [-0.39, 0.29) is 38.2 Å². The number of rotatable bonds is 9. The van der Waals surface area contributed by atoms with Gasteiger partial charge >= 0.3 is 11.9 Å². The van der Waals surface area contributed by atoms with Crippen LogP contribution in [0.5, 0.6) is 5.75 Å². The summed E-state index contributed by atoms with van der Waals surface area (Å²) >= 11 is 5.20. The van der Waals surface area contributed by atoms with Gasteiger partial charge in [-0.25, -0.2) is 0 Å². The lowest BCUT2D eigenvalue weighted by Crippen LogP contribution is -2.85. The van der Waals surface area contributed by atoms with E-state index in [0.29, 0.717) is 31.4 Å². The smallest absolute Gasteiger partial charge is 0.306 e. The molecule has 2 saturated heterocycles. The molecule has 0 unspecified atom stereocenters. The largest absolute Gasteiger partial charge is 0.490 e. The maximum absolute atomic E-state index is 14.2. The Labute approximate surface area is 291 Å². The zero-order valence-electron chi connectivity index (χ0n) is 26.8. The highest BCUT2D eigenvalue weighted by Crippen LogP contribution is 2.76. The van der Waals surface area contributed by atoms with Crippen LogP contribution in [0.2, 0.25) is 0 Å². The van der Waals surface area contributed by atoms with Crippen molar-refractivity contribution in [1.29, 1.82) is 0 Å². The van der Waals surface area contributed by atoms with E-state index in [0.717, 1.165) is 14.3 Å².